The Hall–Kier alpha value is -2.76. The molecular formula is C24H31F3N2O. The van der Waals surface area contributed by atoms with Crippen molar-refractivity contribution in [2.24, 2.45) is 11.8 Å². The van der Waals surface area contributed by atoms with Crippen molar-refractivity contribution in [2.75, 3.05) is 0 Å². The molecule has 3 nitrogen and oxygen atoms in total. The number of allylic oxidation sites excluding steroid dienone is 4. The Morgan fingerprint density at radius 2 is 1.67 bits per heavy atom. The molecule has 0 aliphatic heterocycles. The number of benzene rings is 1. The van der Waals surface area contributed by atoms with Crippen LogP contribution >= 0.6 is 0 Å². The molecule has 0 spiro atoms. The molecule has 0 fully saturated rings. The Morgan fingerprint density at radius 1 is 1.10 bits per heavy atom. The fraction of sp³-hybridized carbons (Fsp3) is 0.375. The molecule has 30 heavy (non-hydrogen) atoms. The van der Waals surface area contributed by atoms with E-state index < -0.39 is 6.36 Å². The molecule has 0 aliphatic carbocycles. The molecule has 0 radical (unpaired) electrons. The van der Waals surface area contributed by atoms with Gasteiger partial charge in [-0.05, 0) is 24.3 Å². The summed E-state index contributed by atoms with van der Waals surface area (Å²) in [5.41, 5.74) is 1.60. The zero-order chi connectivity index (χ0) is 22.9. The van der Waals surface area contributed by atoms with Gasteiger partial charge in [-0.25, -0.2) is 4.98 Å². The van der Waals surface area contributed by atoms with Crippen LogP contribution in [0.3, 0.4) is 0 Å². The van der Waals surface area contributed by atoms with Crippen molar-refractivity contribution in [3.63, 3.8) is 0 Å². The van der Waals surface area contributed by atoms with Crippen molar-refractivity contribution < 1.29 is 17.9 Å². The lowest BCUT2D eigenvalue weighted by Gasteiger charge is -2.19. The third-order valence-electron chi connectivity index (χ3n) is 3.72. The Morgan fingerprint density at radius 3 is 2.13 bits per heavy atom. The second-order valence-electron chi connectivity index (χ2n) is 7.67. The van der Waals surface area contributed by atoms with Gasteiger partial charge in [-0.2, -0.15) is 0 Å². The molecule has 1 aromatic heterocycles. The Balaban J connectivity index is 0.00000103. The summed E-state index contributed by atoms with van der Waals surface area (Å²) >= 11 is 0. The zero-order valence-electron chi connectivity index (χ0n) is 18.5. The summed E-state index contributed by atoms with van der Waals surface area (Å²) in [6, 6.07) is 9.34. The Labute approximate surface area is 177 Å². The van der Waals surface area contributed by atoms with E-state index in [1.54, 1.807) is 43.8 Å². The summed E-state index contributed by atoms with van der Waals surface area (Å²) in [4.78, 5) is 4.28. The van der Waals surface area contributed by atoms with Crippen LogP contribution in [-0.2, 0) is 4.74 Å². The number of hydrogen-bond donors (Lipinski definition) is 0. The van der Waals surface area contributed by atoms with Gasteiger partial charge in [0.2, 0.25) is 0 Å². The molecule has 0 saturated heterocycles. The SMILES string of the molecule is C=C(/C=C(OC(F)(F)F)\C(=C/C)C(C)C)n1ccnc1-c1ccccc1.CC(C)C. The molecule has 0 amide bonds. The maximum Gasteiger partial charge on any atom is 0.573 e. The summed E-state index contributed by atoms with van der Waals surface area (Å²) in [7, 11) is 0. The lowest BCUT2D eigenvalue weighted by Crippen LogP contribution is -2.16. The maximum atomic E-state index is 12.9. The van der Waals surface area contributed by atoms with Crippen LogP contribution in [0.5, 0.6) is 0 Å². The summed E-state index contributed by atoms with van der Waals surface area (Å²) in [5.74, 6) is 1.01. The molecule has 0 unspecified atom stereocenters. The largest absolute Gasteiger partial charge is 0.573 e. The highest BCUT2D eigenvalue weighted by molar-refractivity contribution is 5.66. The van der Waals surface area contributed by atoms with Gasteiger partial charge in [0.15, 0.2) is 0 Å². The molecule has 0 bridgehead atoms. The summed E-state index contributed by atoms with van der Waals surface area (Å²) in [5, 5.41) is 0. The van der Waals surface area contributed by atoms with Gasteiger partial charge in [0.05, 0.1) is 0 Å². The van der Waals surface area contributed by atoms with Crippen molar-refractivity contribution in [1.29, 1.82) is 0 Å². The highest BCUT2D eigenvalue weighted by Crippen LogP contribution is 2.30. The fourth-order valence-corrected chi connectivity index (χ4v) is 2.61. The number of aromatic nitrogens is 2. The second kappa shape index (κ2) is 11.4. The molecule has 0 saturated carbocycles. The van der Waals surface area contributed by atoms with Gasteiger partial charge < -0.3 is 9.30 Å². The number of rotatable bonds is 6. The third-order valence-corrected chi connectivity index (χ3v) is 3.72. The normalized spacial score (nSPS) is 12.6. The standard InChI is InChI=1S/C20H21F3N2O.C4H10/c1-5-17(14(2)3)18(26-20(21,22)23)13-15(4)25-12-11-24-19(25)16-9-7-6-8-10-16;1-4(2)3/h5-14H,4H2,1-3H3;4H,1-3H3/b17-5-,18-13+;. The van der Waals surface area contributed by atoms with Crippen LogP contribution in [0, 0.1) is 11.8 Å². The number of halogens is 3. The minimum atomic E-state index is -4.79. The minimum Gasteiger partial charge on any atom is -0.405 e. The number of hydrogen-bond acceptors (Lipinski definition) is 2. The van der Waals surface area contributed by atoms with Crippen LogP contribution < -0.4 is 0 Å². The summed E-state index contributed by atoms with van der Waals surface area (Å²) in [6.07, 6.45) is 1.34. The van der Waals surface area contributed by atoms with Gasteiger partial charge >= 0.3 is 6.36 Å². The zero-order valence-corrected chi connectivity index (χ0v) is 18.5. The lowest BCUT2D eigenvalue weighted by molar-refractivity contribution is -0.304. The van der Waals surface area contributed by atoms with Gasteiger partial charge in [0.1, 0.15) is 11.6 Å². The molecular weight excluding hydrogens is 389 g/mol. The van der Waals surface area contributed by atoms with E-state index in [1.165, 1.54) is 6.08 Å². The maximum absolute atomic E-state index is 12.9. The minimum absolute atomic E-state index is 0.141. The van der Waals surface area contributed by atoms with Gasteiger partial charge in [0, 0.05) is 29.7 Å². The highest BCUT2D eigenvalue weighted by Gasteiger charge is 2.33. The fourth-order valence-electron chi connectivity index (χ4n) is 2.61. The molecule has 0 aliphatic rings. The monoisotopic (exact) mass is 420 g/mol. The predicted octanol–water partition coefficient (Wildman–Crippen LogP) is 7.71. The van der Waals surface area contributed by atoms with E-state index in [-0.39, 0.29) is 11.7 Å². The van der Waals surface area contributed by atoms with Crippen molar-refractivity contribution >= 4 is 5.70 Å². The van der Waals surface area contributed by atoms with Gasteiger partial charge in [-0.15, -0.1) is 13.2 Å². The number of imidazole rings is 1. The predicted molar refractivity (Wildman–Crippen MR) is 117 cm³/mol. The highest BCUT2D eigenvalue weighted by atomic mass is 19.4. The average molecular weight is 421 g/mol. The van der Waals surface area contributed by atoms with Crippen molar-refractivity contribution in [1.82, 2.24) is 9.55 Å². The van der Waals surface area contributed by atoms with Crippen LogP contribution in [0.1, 0.15) is 41.5 Å². The van der Waals surface area contributed by atoms with E-state index in [4.69, 9.17) is 0 Å². The molecule has 164 valence electrons. The number of ether oxygens (including phenoxy) is 1. The average Bonchev–Trinajstić information content (AvgIpc) is 3.10. The van der Waals surface area contributed by atoms with E-state index in [9.17, 15) is 13.2 Å². The van der Waals surface area contributed by atoms with Crippen LogP contribution in [0.15, 0.2) is 72.8 Å². The second-order valence-corrected chi connectivity index (χ2v) is 7.67. The molecule has 0 atom stereocenters. The van der Waals surface area contributed by atoms with Gasteiger partial charge in [0.25, 0.3) is 0 Å². The first kappa shape index (κ1) is 25.3. The van der Waals surface area contributed by atoms with Crippen LogP contribution in [0.25, 0.3) is 17.1 Å². The van der Waals surface area contributed by atoms with Gasteiger partial charge in [-0.3, -0.25) is 0 Å². The van der Waals surface area contributed by atoms with E-state index in [0.29, 0.717) is 17.1 Å². The van der Waals surface area contributed by atoms with Crippen LogP contribution in [0.4, 0.5) is 13.2 Å². The molecule has 1 heterocycles. The van der Waals surface area contributed by atoms with E-state index in [2.05, 4.69) is 37.1 Å². The van der Waals surface area contributed by atoms with Gasteiger partial charge in [-0.1, -0.05) is 77.6 Å². The molecule has 2 aromatic rings. The lowest BCUT2D eigenvalue weighted by atomic mass is 10.0. The number of alkyl halides is 3. The molecule has 6 heteroatoms. The summed E-state index contributed by atoms with van der Waals surface area (Å²) in [6.45, 7) is 15.7. The van der Waals surface area contributed by atoms with E-state index >= 15 is 0 Å². The van der Waals surface area contributed by atoms with E-state index in [0.717, 1.165) is 11.5 Å². The smallest absolute Gasteiger partial charge is 0.405 e. The first-order valence-electron chi connectivity index (χ1n) is 9.88. The van der Waals surface area contributed by atoms with E-state index in [1.807, 2.05) is 30.3 Å². The number of nitrogens with zero attached hydrogens (tertiary/aromatic N) is 2. The molecule has 0 N–H and O–H groups in total. The molecule has 2 rings (SSSR count). The topological polar surface area (TPSA) is 27.1 Å². The van der Waals surface area contributed by atoms with Crippen molar-refractivity contribution in [2.45, 2.75) is 47.9 Å². The Bertz CT molecular complexity index is 857. The molecule has 1 aromatic carbocycles. The third kappa shape index (κ3) is 8.31. The van der Waals surface area contributed by atoms with Crippen LogP contribution in [0.2, 0.25) is 0 Å². The summed E-state index contributed by atoms with van der Waals surface area (Å²) < 4.78 is 44.5. The quantitative estimate of drug-likeness (QED) is 0.353. The first-order chi connectivity index (χ1) is 14.0. The van der Waals surface area contributed by atoms with Crippen molar-refractivity contribution in [3.05, 3.63) is 72.8 Å². The van der Waals surface area contributed by atoms with Crippen molar-refractivity contribution in [3.8, 4) is 11.4 Å². The first-order valence-corrected chi connectivity index (χ1v) is 9.88. The van der Waals surface area contributed by atoms with Crippen LogP contribution in [-0.4, -0.2) is 15.9 Å². The Kier molecular flexibility index (Phi) is 9.63.